The van der Waals surface area contributed by atoms with Gasteiger partial charge in [0, 0.05) is 17.5 Å². The van der Waals surface area contributed by atoms with Crippen LogP contribution in [0.4, 0.5) is 0 Å². The lowest BCUT2D eigenvalue weighted by Crippen LogP contribution is -2.31. The van der Waals surface area contributed by atoms with Crippen molar-refractivity contribution in [2.75, 3.05) is 12.8 Å². The summed E-state index contributed by atoms with van der Waals surface area (Å²) in [5.74, 6) is 0. The van der Waals surface area contributed by atoms with Gasteiger partial charge in [-0.15, -0.1) is 0 Å². The maximum Gasteiger partial charge on any atom is 0.240 e. The van der Waals surface area contributed by atoms with E-state index in [1.54, 1.807) is 11.8 Å². The summed E-state index contributed by atoms with van der Waals surface area (Å²) >= 11 is 7.39. The molecular weight excluding hydrogens is 280 g/mol. The topological polar surface area (TPSA) is 59.1 Å². The molecule has 0 spiro atoms. The number of hydrogen-bond donors (Lipinski definition) is 1. The minimum Gasteiger partial charge on any atom is -0.244 e. The molecule has 7 heteroatoms. The number of halogens is 1. The average molecular weight is 293 g/mol. The van der Waals surface area contributed by atoms with E-state index in [1.807, 2.05) is 6.26 Å². The van der Waals surface area contributed by atoms with Crippen molar-refractivity contribution in [3.05, 3.63) is 23.5 Å². The van der Waals surface area contributed by atoms with Gasteiger partial charge in [-0.2, -0.15) is 11.8 Å². The number of sulfonamides is 1. The highest BCUT2D eigenvalue weighted by atomic mass is 35.5. The molecule has 1 aromatic rings. The fourth-order valence-electron chi connectivity index (χ4n) is 1.45. The quantitative estimate of drug-likeness (QED) is 0.842. The number of pyridine rings is 1. The molecule has 0 amide bonds. The summed E-state index contributed by atoms with van der Waals surface area (Å²) in [6, 6.07) is 2.79. The Morgan fingerprint density at radius 2 is 2.29 bits per heavy atom. The van der Waals surface area contributed by atoms with Crippen molar-refractivity contribution in [1.82, 2.24) is 9.71 Å². The molecule has 1 aromatic heterocycles. The molecule has 1 aliphatic carbocycles. The van der Waals surface area contributed by atoms with Crippen LogP contribution in [-0.4, -0.2) is 30.9 Å². The van der Waals surface area contributed by atoms with E-state index in [1.165, 1.54) is 18.3 Å². The van der Waals surface area contributed by atoms with Gasteiger partial charge < -0.3 is 0 Å². The molecule has 1 N–H and O–H groups in total. The van der Waals surface area contributed by atoms with E-state index in [9.17, 15) is 8.42 Å². The van der Waals surface area contributed by atoms with Crippen molar-refractivity contribution >= 4 is 33.4 Å². The number of nitrogens with zero attached hydrogens (tertiary/aromatic N) is 1. The molecule has 4 nitrogen and oxygen atoms in total. The molecule has 1 aliphatic rings. The van der Waals surface area contributed by atoms with Gasteiger partial charge in [-0.05, 0) is 31.2 Å². The molecule has 1 saturated carbocycles. The third-order valence-electron chi connectivity index (χ3n) is 2.83. The molecule has 1 heterocycles. The zero-order valence-electron chi connectivity index (χ0n) is 9.31. The molecular formula is C10H13ClN2O2S2. The van der Waals surface area contributed by atoms with E-state index >= 15 is 0 Å². The molecule has 1 fully saturated rings. The molecule has 0 radical (unpaired) electrons. The highest BCUT2D eigenvalue weighted by Crippen LogP contribution is 2.46. The van der Waals surface area contributed by atoms with Crippen molar-refractivity contribution in [1.29, 1.82) is 0 Å². The van der Waals surface area contributed by atoms with E-state index in [0.29, 0.717) is 6.54 Å². The zero-order valence-corrected chi connectivity index (χ0v) is 11.7. The lowest BCUT2D eigenvalue weighted by molar-refractivity contribution is 0.579. The SMILES string of the molecule is CSC1(CNS(=O)(=O)c2ccnc(Cl)c2)CC1. The third-order valence-corrected chi connectivity index (χ3v) is 5.86. The Kier molecular flexibility index (Phi) is 3.68. The molecule has 0 unspecified atom stereocenters. The number of aromatic nitrogens is 1. The van der Waals surface area contributed by atoms with E-state index in [0.717, 1.165) is 12.8 Å². The smallest absolute Gasteiger partial charge is 0.240 e. The van der Waals surface area contributed by atoms with Crippen molar-refractivity contribution in [2.24, 2.45) is 0 Å². The maximum absolute atomic E-state index is 12.0. The lowest BCUT2D eigenvalue weighted by Gasteiger charge is -2.13. The fraction of sp³-hybridized carbons (Fsp3) is 0.500. The Morgan fingerprint density at radius 1 is 1.59 bits per heavy atom. The van der Waals surface area contributed by atoms with Crippen LogP contribution in [0.5, 0.6) is 0 Å². The van der Waals surface area contributed by atoms with Crippen LogP contribution in [0.25, 0.3) is 0 Å². The highest BCUT2D eigenvalue weighted by molar-refractivity contribution is 8.00. The molecule has 0 aromatic carbocycles. The standard InChI is InChI=1S/C10H13ClN2O2S2/c1-16-10(3-4-10)7-13-17(14,15)8-2-5-12-9(11)6-8/h2,5-6,13H,3-4,7H2,1H3. The largest absolute Gasteiger partial charge is 0.244 e. The Bertz CT molecular complexity index is 515. The zero-order chi connectivity index (χ0) is 12.5. The van der Waals surface area contributed by atoms with Crippen molar-refractivity contribution in [3.8, 4) is 0 Å². The van der Waals surface area contributed by atoms with Crippen molar-refractivity contribution in [3.63, 3.8) is 0 Å². The van der Waals surface area contributed by atoms with Crippen LogP contribution in [0.2, 0.25) is 5.15 Å². The van der Waals surface area contributed by atoms with E-state index in [2.05, 4.69) is 9.71 Å². The van der Waals surface area contributed by atoms with Crippen molar-refractivity contribution < 1.29 is 8.42 Å². The number of rotatable bonds is 5. The van der Waals surface area contributed by atoms with Crippen LogP contribution in [0.1, 0.15) is 12.8 Å². The van der Waals surface area contributed by atoms with Gasteiger partial charge in [0.05, 0.1) is 4.90 Å². The second-order valence-electron chi connectivity index (χ2n) is 4.03. The van der Waals surface area contributed by atoms with Gasteiger partial charge in [0.25, 0.3) is 0 Å². The normalized spacial score (nSPS) is 18.0. The molecule has 0 atom stereocenters. The summed E-state index contributed by atoms with van der Waals surface area (Å²) in [5.41, 5.74) is 0. The van der Waals surface area contributed by atoms with E-state index in [4.69, 9.17) is 11.6 Å². The molecule has 94 valence electrons. The van der Waals surface area contributed by atoms with Crippen LogP contribution in [0, 0.1) is 0 Å². The summed E-state index contributed by atoms with van der Waals surface area (Å²) in [7, 11) is -3.47. The first-order valence-corrected chi connectivity index (χ1v) is 8.22. The monoisotopic (exact) mass is 292 g/mol. The van der Waals surface area contributed by atoms with Crippen LogP contribution < -0.4 is 4.72 Å². The van der Waals surface area contributed by atoms with Gasteiger partial charge in [0.1, 0.15) is 5.15 Å². The first kappa shape index (κ1) is 13.1. The second-order valence-corrected chi connectivity index (χ2v) is 7.45. The fourth-order valence-corrected chi connectivity index (χ4v) is 3.65. The number of thioether (sulfide) groups is 1. The van der Waals surface area contributed by atoms with Gasteiger partial charge in [0.15, 0.2) is 0 Å². The van der Waals surface area contributed by atoms with Crippen molar-refractivity contribution in [2.45, 2.75) is 22.5 Å². The van der Waals surface area contributed by atoms with Crippen LogP contribution >= 0.6 is 23.4 Å². The number of hydrogen-bond acceptors (Lipinski definition) is 4. The first-order valence-electron chi connectivity index (χ1n) is 5.14. The van der Waals surface area contributed by atoms with Gasteiger partial charge in [0.2, 0.25) is 10.0 Å². The summed E-state index contributed by atoms with van der Waals surface area (Å²) in [5, 5.41) is 0.180. The van der Waals surface area contributed by atoms with E-state index in [-0.39, 0.29) is 14.8 Å². The Hall–Kier alpha value is -0.300. The minimum atomic E-state index is -3.47. The molecule has 17 heavy (non-hydrogen) atoms. The van der Waals surface area contributed by atoms with Gasteiger partial charge in [-0.3, -0.25) is 0 Å². The molecule has 0 aliphatic heterocycles. The predicted molar refractivity (Wildman–Crippen MR) is 69.9 cm³/mol. The Morgan fingerprint density at radius 3 is 2.82 bits per heavy atom. The van der Waals surface area contributed by atoms with Crippen LogP contribution in [-0.2, 0) is 10.0 Å². The molecule has 2 rings (SSSR count). The second kappa shape index (κ2) is 4.76. The third kappa shape index (κ3) is 3.13. The molecule has 0 saturated heterocycles. The van der Waals surface area contributed by atoms with Gasteiger partial charge >= 0.3 is 0 Å². The van der Waals surface area contributed by atoms with Gasteiger partial charge in [-0.25, -0.2) is 18.1 Å². The first-order chi connectivity index (χ1) is 7.97. The summed E-state index contributed by atoms with van der Waals surface area (Å²) in [4.78, 5) is 3.92. The predicted octanol–water partition coefficient (Wildman–Crippen LogP) is 1.91. The summed E-state index contributed by atoms with van der Waals surface area (Å²) in [6.45, 7) is 0.469. The van der Waals surface area contributed by atoms with E-state index < -0.39 is 10.0 Å². The number of nitrogens with one attached hydrogen (secondary N) is 1. The average Bonchev–Trinajstić information content (AvgIpc) is 3.07. The van der Waals surface area contributed by atoms with Gasteiger partial charge in [-0.1, -0.05) is 11.6 Å². The molecule has 0 bridgehead atoms. The summed E-state index contributed by atoms with van der Waals surface area (Å²) < 4.78 is 26.7. The Balaban J connectivity index is 2.09. The summed E-state index contributed by atoms with van der Waals surface area (Å²) in [6.07, 6.45) is 5.52. The Labute approximate surface area is 110 Å². The van der Waals surface area contributed by atoms with Crippen LogP contribution in [0.3, 0.4) is 0 Å². The lowest BCUT2D eigenvalue weighted by atomic mass is 10.4. The highest BCUT2D eigenvalue weighted by Gasteiger charge is 2.42. The van der Waals surface area contributed by atoms with Crippen LogP contribution in [0.15, 0.2) is 23.2 Å². The minimum absolute atomic E-state index is 0.101. The maximum atomic E-state index is 12.0.